The van der Waals surface area contributed by atoms with Gasteiger partial charge in [0.1, 0.15) is 11.2 Å². The lowest BCUT2D eigenvalue weighted by Gasteiger charge is -2.16. The maximum absolute atomic E-state index is 12.8. The summed E-state index contributed by atoms with van der Waals surface area (Å²) in [4.78, 5) is 12.3. The van der Waals surface area contributed by atoms with E-state index in [4.69, 9.17) is 33.2 Å². The molecule has 0 unspecified atom stereocenters. The molecular formula is C18H12Cl2F3NO2. The van der Waals surface area contributed by atoms with Crippen LogP contribution in [0.25, 0.3) is 0 Å². The van der Waals surface area contributed by atoms with E-state index in [9.17, 15) is 18.0 Å². The van der Waals surface area contributed by atoms with Crippen molar-refractivity contribution in [2.45, 2.75) is 20.0 Å². The normalized spacial score (nSPS) is 11.8. The fourth-order valence-corrected chi connectivity index (χ4v) is 2.62. The molecule has 0 N–H and O–H groups in total. The molecule has 8 heteroatoms. The Morgan fingerprint density at radius 2 is 1.69 bits per heavy atom. The number of ether oxygens (including phenoxy) is 1. The summed E-state index contributed by atoms with van der Waals surface area (Å²) in [5, 5.41) is 8.42. The summed E-state index contributed by atoms with van der Waals surface area (Å²) < 4.78 is 43.8. The van der Waals surface area contributed by atoms with E-state index in [1.807, 2.05) is 6.07 Å². The number of ketones is 1. The summed E-state index contributed by atoms with van der Waals surface area (Å²) in [5.41, 5.74) is -2.02. The summed E-state index contributed by atoms with van der Waals surface area (Å²) in [6, 6.07) is 9.19. The lowest BCUT2D eigenvalue weighted by Crippen LogP contribution is -2.22. The van der Waals surface area contributed by atoms with E-state index in [1.54, 1.807) is 0 Å². The van der Waals surface area contributed by atoms with E-state index in [0.29, 0.717) is 12.1 Å². The predicted octanol–water partition coefficient (Wildman–Crippen LogP) is 6.54. The first-order chi connectivity index (χ1) is 12.0. The van der Waals surface area contributed by atoms with Crippen LogP contribution in [0, 0.1) is 16.7 Å². The molecular weight excluding hydrogens is 390 g/mol. The molecule has 0 atom stereocenters. The number of rotatable bonds is 4. The van der Waals surface area contributed by atoms with Crippen LogP contribution in [0.1, 0.15) is 29.8 Å². The van der Waals surface area contributed by atoms with Crippen molar-refractivity contribution in [3.05, 3.63) is 57.6 Å². The third-order valence-electron chi connectivity index (χ3n) is 3.49. The molecule has 0 saturated heterocycles. The molecule has 0 saturated carbocycles. The molecule has 0 spiro atoms. The second kappa shape index (κ2) is 7.18. The standard InChI is InChI=1S/C18H12Cl2F3NO2/c1-17(2,9-24)16(25)10-4-3-5-12(6-10)26-15-13(19)7-11(8-14(15)20)18(21,22)23/h3-8H,1-2H3. The Balaban J connectivity index is 2.38. The molecule has 0 radical (unpaired) electrons. The minimum absolute atomic E-state index is 0.146. The van der Waals surface area contributed by atoms with Gasteiger partial charge in [0.25, 0.3) is 0 Å². The Morgan fingerprint density at radius 1 is 1.12 bits per heavy atom. The number of Topliss-reactive ketones (excluding diaryl/α,β-unsaturated/α-hetero) is 1. The minimum atomic E-state index is -4.60. The van der Waals surface area contributed by atoms with Crippen molar-refractivity contribution in [3.8, 4) is 17.6 Å². The highest BCUT2D eigenvalue weighted by atomic mass is 35.5. The SMILES string of the molecule is CC(C)(C#N)C(=O)c1cccc(Oc2c(Cl)cc(C(F)(F)F)cc2Cl)c1. The Hall–Kier alpha value is -2.23. The van der Waals surface area contributed by atoms with Crippen molar-refractivity contribution in [2.24, 2.45) is 5.41 Å². The van der Waals surface area contributed by atoms with E-state index in [0.717, 1.165) is 0 Å². The lowest BCUT2D eigenvalue weighted by atomic mass is 9.86. The van der Waals surface area contributed by atoms with Gasteiger partial charge in [-0.05, 0) is 38.1 Å². The van der Waals surface area contributed by atoms with E-state index in [1.165, 1.54) is 38.1 Å². The van der Waals surface area contributed by atoms with Gasteiger partial charge in [0.05, 0.1) is 21.7 Å². The Bertz CT molecular complexity index is 879. The van der Waals surface area contributed by atoms with Gasteiger partial charge in [0.15, 0.2) is 11.5 Å². The summed E-state index contributed by atoms with van der Waals surface area (Å²) in [6.07, 6.45) is -4.60. The molecule has 3 nitrogen and oxygen atoms in total. The highest BCUT2D eigenvalue weighted by molar-refractivity contribution is 6.37. The van der Waals surface area contributed by atoms with Crippen molar-refractivity contribution >= 4 is 29.0 Å². The fraction of sp³-hybridized carbons (Fsp3) is 0.222. The Labute approximate surface area is 157 Å². The molecule has 2 aromatic carbocycles. The van der Waals surface area contributed by atoms with Crippen LogP contribution in [0.5, 0.6) is 11.5 Å². The molecule has 0 aromatic heterocycles. The largest absolute Gasteiger partial charge is 0.454 e. The van der Waals surface area contributed by atoms with Crippen LogP contribution in [-0.2, 0) is 6.18 Å². The first-order valence-corrected chi connectivity index (χ1v) is 8.01. The van der Waals surface area contributed by atoms with Crippen LogP contribution >= 0.6 is 23.2 Å². The molecule has 2 aromatic rings. The minimum Gasteiger partial charge on any atom is -0.454 e. The Morgan fingerprint density at radius 3 is 2.19 bits per heavy atom. The zero-order chi connectivity index (χ0) is 19.7. The van der Waals surface area contributed by atoms with Gasteiger partial charge >= 0.3 is 6.18 Å². The topological polar surface area (TPSA) is 50.1 Å². The number of alkyl halides is 3. The number of hydrogen-bond donors (Lipinski definition) is 0. The number of hydrogen-bond acceptors (Lipinski definition) is 3. The fourth-order valence-electron chi connectivity index (χ4n) is 2.05. The van der Waals surface area contributed by atoms with E-state index in [-0.39, 0.29) is 27.1 Å². The first kappa shape index (κ1) is 20.1. The van der Waals surface area contributed by atoms with Crippen molar-refractivity contribution in [3.63, 3.8) is 0 Å². The van der Waals surface area contributed by atoms with Crippen LogP contribution in [-0.4, -0.2) is 5.78 Å². The third-order valence-corrected chi connectivity index (χ3v) is 4.05. The second-order valence-corrected chi connectivity index (χ2v) is 6.78. The molecule has 2 rings (SSSR count). The molecule has 0 aliphatic carbocycles. The maximum atomic E-state index is 12.8. The zero-order valence-electron chi connectivity index (χ0n) is 13.6. The van der Waals surface area contributed by atoms with Crippen LogP contribution in [0.4, 0.5) is 13.2 Å². The van der Waals surface area contributed by atoms with Crippen molar-refractivity contribution in [1.29, 1.82) is 5.26 Å². The van der Waals surface area contributed by atoms with Crippen LogP contribution in [0.15, 0.2) is 36.4 Å². The van der Waals surface area contributed by atoms with Gasteiger partial charge in [-0.1, -0.05) is 35.3 Å². The molecule has 0 amide bonds. The van der Waals surface area contributed by atoms with Crippen molar-refractivity contribution in [2.75, 3.05) is 0 Å². The number of carbonyl (C=O) groups excluding carboxylic acids is 1. The van der Waals surface area contributed by atoms with Crippen molar-refractivity contribution in [1.82, 2.24) is 0 Å². The highest BCUT2D eigenvalue weighted by Gasteiger charge is 2.32. The predicted molar refractivity (Wildman–Crippen MR) is 91.7 cm³/mol. The number of nitriles is 1. The van der Waals surface area contributed by atoms with Crippen molar-refractivity contribution < 1.29 is 22.7 Å². The zero-order valence-corrected chi connectivity index (χ0v) is 15.1. The van der Waals surface area contributed by atoms with Crippen LogP contribution < -0.4 is 4.74 Å². The second-order valence-electron chi connectivity index (χ2n) is 5.96. The van der Waals surface area contributed by atoms with Gasteiger partial charge in [-0.3, -0.25) is 4.79 Å². The third kappa shape index (κ3) is 4.29. The molecule has 0 bridgehead atoms. The Kier molecular flexibility index (Phi) is 5.55. The molecule has 0 fully saturated rings. The maximum Gasteiger partial charge on any atom is 0.416 e. The summed E-state index contributed by atoms with van der Waals surface area (Å²) in [7, 11) is 0. The van der Waals surface area contributed by atoms with E-state index >= 15 is 0 Å². The summed E-state index contributed by atoms with van der Waals surface area (Å²) in [5.74, 6) is -0.436. The summed E-state index contributed by atoms with van der Waals surface area (Å²) in [6.45, 7) is 2.96. The molecule has 136 valence electrons. The van der Waals surface area contributed by atoms with Gasteiger partial charge in [-0.2, -0.15) is 18.4 Å². The quantitative estimate of drug-likeness (QED) is 0.546. The van der Waals surface area contributed by atoms with E-state index in [2.05, 4.69) is 0 Å². The average molecular weight is 402 g/mol. The van der Waals surface area contributed by atoms with E-state index < -0.39 is 22.9 Å². The van der Waals surface area contributed by atoms with Gasteiger partial charge in [0.2, 0.25) is 0 Å². The highest BCUT2D eigenvalue weighted by Crippen LogP contribution is 2.41. The molecule has 0 aliphatic rings. The average Bonchev–Trinajstić information content (AvgIpc) is 2.56. The lowest BCUT2D eigenvalue weighted by molar-refractivity contribution is -0.137. The number of halogens is 5. The van der Waals surface area contributed by atoms with Gasteiger partial charge < -0.3 is 4.74 Å². The summed E-state index contributed by atoms with van der Waals surface area (Å²) >= 11 is 11.7. The molecule has 0 heterocycles. The number of benzene rings is 2. The molecule has 26 heavy (non-hydrogen) atoms. The van der Waals surface area contributed by atoms with Crippen LogP contribution in [0.2, 0.25) is 10.0 Å². The smallest absolute Gasteiger partial charge is 0.416 e. The molecule has 0 aliphatic heterocycles. The number of carbonyl (C=O) groups is 1. The monoisotopic (exact) mass is 401 g/mol. The first-order valence-electron chi connectivity index (χ1n) is 7.26. The van der Waals surface area contributed by atoms with Crippen LogP contribution in [0.3, 0.4) is 0 Å². The number of nitrogens with zero attached hydrogens (tertiary/aromatic N) is 1. The van der Waals surface area contributed by atoms with Gasteiger partial charge in [-0.15, -0.1) is 0 Å². The van der Waals surface area contributed by atoms with Gasteiger partial charge in [0, 0.05) is 5.56 Å². The van der Waals surface area contributed by atoms with Gasteiger partial charge in [-0.25, -0.2) is 0 Å².